The first-order valence-electron chi connectivity index (χ1n) is 7.87. The Morgan fingerprint density at radius 1 is 1.20 bits per heavy atom. The monoisotopic (exact) mass is 338 g/mol. The minimum atomic E-state index is -0.519. The van der Waals surface area contributed by atoms with E-state index in [0.29, 0.717) is 30.9 Å². The Morgan fingerprint density at radius 2 is 2.00 bits per heavy atom. The number of nitrogens with one attached hydrogen (secondary N) is 1. The van der Waals surface area contributed by atoms with Gasteiger partial charge in [0.05, 0.1) is 13.2 Å². The van der Waals surface area contributed by atoms with Crippen molar-refractivity contribution in [1.29, 1.82) is 0 Å². The Kier molecular flexibility index (Phi) is 5.15. The molecular formula is C18H18N4O3. The summed E-state index contributed by atoms with van der Waals surface area (Å²) in [4.78, 5) is 33.6. The van der Waals surface area contributed by atoms with Crippen molar-refractivity contribution < 1.29 is 9.53 Å². The van der Waals surface area contributed by atoms with Gasteiger partial charge in [0.1, 0.15) is 5.52 Å². The summed E-state index contributed by atoms with van der Waals surface area (Å²) < 4.78 is 6.38. The van der Waals surface area contributed by atoms with E-state index >= 15 is 0 Å². The second-order valence-electron chi connectivity index (χ2n) is 5.43. The minimum absolute atomic E-state index is 0.146. The molecule has 25 heavy (non-hydrogen) atoms. The molecular weight excluding hydrogens is 320 g/mol. The highest BCUT2D eigenvalue weighted by Gasteiger charge is 2.18. The van der Waals surface area contributed by atoms with Gasteiger partial charge in [-0.2, -0.15) is 0 Å². The molecule has 0 atom stereocenters. The van der Waals surface area contributed by atoms with E-state index in [-0.39, 0.29) is 5.69 Å². The summed E-state index contributed by atoms with van der Waals surface area (Å²) in [5, 5.41) is 2.64. The SMILES string of the molecule is COCCNC(=O)c1nc2cccnc2n(Cc2ccccc2)c1=O. The third kappa shape index (κ3) is 3.72. The Hall–Kier alpha value is -3.06. The first-order chi connectivity index (χ1) is 12.2. The number of benzene rings is 1. The number of pyridine rings is 1. The maximum absolute atomic E-state index is 12.8. The number of amides is 1. The van der Waals surface area contributed by atoms with Gasteiger partial charge < -0.3 is 10.1 Å². The van der Waals surface area contributed by atoms with Crippen LogP contribution in [0.1, 0.15) is 16.1 Å². The van der Waals surface area contributed by atoms with E-state index in [1.165, 1.54) is 4.57 Å². The molecule has 0 aliphatic rings. The third-order valence-corrected chi connectivity index (χ3v) is 3.69. The molecule has 0 saturated carbocycles. The normalized spacial score (nSPS) is 10.8. The lowest BCUT2D eigenvalue weighted by Crippen LogP contribution is -2.36. The van der Waals surface area contributed by atoms with Crippen molar-refractivity contribution in [1.82, 2.24) is 19.9 Å². The second-order valence-corrected chi connectivity index (χ2v) is 5.43. The molecule has 3 rings (SSSR count). The van der Waals surface area contributed by atoms with Crippen LogP contribution >= 0.6 is 0 Å². The van der Waals surface area contributed by atoms with Crippen LogP contribution in [-0.4, -0.2) is 40.7 Å². The summed E-state index contributed by atoms with van der Waals surface area (Å²) in [6, 6.07) is 13.0. The number of methoxy groups -OCH3 is 1. The van der Waals surface area contributed by atoms with Crippen molar-refractivity contribution in [3.05, 3.63) is 70.3 Å². The van der Waals surface area contributed by atoms with Crippen LogP contribution in [0.5, 0.6) is 0 Å². The molecule has 0 bridgehead atoms. The molecule has 2 heterocycles. The first-order valence-corrected chi connectivity index (χ1v) is 7.87. The molecule has 0 spiro atoms. The number of carbonyl (C=O) groups excluding carboxylic acids is 1. The lowest BCUT2D eigenvalue weighted by Gasteiger charge is -2.11. The summed E-state index contributed by atoms with van der Waals surface area (Å²) in [5.74, 6) is -0.519. The highest BCUT2D eigenvalue weighted by molar-refractivity contribution is 5.93. The molecule has 0 radical (unpaired) electrons. The fraction of sp³-hybridized carbons (Fsp3) is 0.222. The number of hydrogen-bond acceptors (Lipinski definition) is 5. The number of nitrogens with zero attached hydrogens (tertiary/aromatic N) is 3. The molecule has 0 saturated heterocycles. The molecule has 128 valence electrons. The van der Waals surface area contributed by atoms with Crippen LogP contribution in [0, 0.1) is 0 Å². The number of carbonyl (C=O) groups is 1. The topological polar surface area (TPSA) is 86.1 Å². The lowest BCUT2D eigenvalue weighted by molar-refractivity contribution is 0.0930. The van der Waals surface area contributed by atoms with Crippen molar-refractivity contribution in [3.8, 4) is 0 Å². The highest BCUT2D eigenvalue weighted by atomic mass is 16.5. The Labute approximate surface area is 144 Å². The quantitative estimate of drug-likeness (QED) is 0.683. The van der Waals surface area contributed by atoms with Gasteiger partial charge in [0.25, 0.3) is 11.5 Å². The largest absolute Gasteiger partial charge is 0.383 e. The van der Waals surface area contributed by atoms with Crippen molar-refractivity contribution in [2.45, 2.75) is 6.54 Å². The molecule has 1 amide bonds. The van der Waals surface area contributed by atoms with E-state index in [2.05, 4.69) is 15.3 Å². The van der Waals surface area contributed by atoms with Gasteiger partial charge in [-0.05, 0) is 17.7 Å². The first kappa shape index (κ1) is 16.8. The van der Waals surface area contributed by atoms with Crippen LogP contribution in [0.15, 0.2) is 53.5 Å². The summed E-state index contributed by atoms with van der Waals surface area (Å²) in [5.41, 5.74) is 1.27. The van der Waals surface area contributed by atoms with E-state index in [1.54, 1.807) is 25.4 Å². The van der Waals surface area contributed by atoms with Crippen LogP contribution in [0.2, 0.25) is 0 Å². The van der Waals surface area contributed by atoms with E-state index in [9.17, 15) is 9.59 Å². The standard InChI is InChI=1S/C18H18N4O3/c1-25-11-10-20-17(23)15-18(24)22(12-13-6-3-2-4-7-13)16-14(21-15)8-5-9-19-16/h2-9H,10-12H2,1H3,(H,20,23). The van der Waals surface area contributed by atoms with E-state index in [0.717, 1.165) is 5.56 Å². The molecule has 0 unspecified atom stereocenters. The fourth-order valence-electron chi connectivity index (χ4n) is 2.49. The van der Waals surface area contributed by atoms with Crippen molar-refractivity contribution >= 4 is 17.1 Å². The molecule has 1 N–H and O–H groups in total. The van der Waals surface area contributed by atoms with Crippen molar-refractivity contribution in [2.24, 2.45) is 0 Å². The van der Waals surface area contributed by atoms with Crippen molar-refractivity contribution in [3.63, 3.8) is 0 Å². The van der Waals surface area contributed by atoms with Gasteiger partial charge in [-0.25, -0.2) is 9.97 Å². The number of ether oxygens (including phenoxy) is 1. The molecule has 3 aromatic rings. The van der Waals surface area contributed by atoms with Crippen LogP contribution < -0.4 is 10.9 Å². The summed E-state index contributed by atoms with van der Waals surface area (Å²) in [6.45, 7) is 0.980. The van der Waals surface area contributed by atoms with Gasteiger partial charge in [0.2, 0.25) is 0 Å². The molecule has 7 heteroatoms. The predicted octanol–water partition coefficient (Wildman–Crippen LogP) is 1.22. The smallest absolute Gasteiger partial charge is 0.284 e. The number of fused-ring (bicyclic) bond motifs is 1. The van der Waals surface area contributed by atoms with E-state index in [1.807, 2.05) is 30.3 Å². The molecule has 0 aliphatic heterocycles. The molecule has 0 aliphatic carbocycles. The van der Waals surface area contributed by atoms with Gasteiger partial charge in [0, 0.05) is 19.9 Å². The zero-order valence-corrected chi connectivity index (χ0v) is 13.8. The summed E-state index contributed by atoms with van der Waals surface area (Å²) in [6.07, 6.45) is 1.60. The van der Waals surface area contributed by atoms with Crippen molar-refractivity contribution in [2.75, 3.05) is 20.3 Å². The maximum Gasteiger partial charge on any atom is 0.284 e. The Balaban J connectivity index is 2.06. The molecule has 0 fully saturated rings. The minimum Gasteiger partial charge on any atom is -0.383 e. The van der Waals surface area contributed by atoms with Gasteiger partial charge in [-0.15, -0.1) is 0 Å². The van der Waals surface area contributed by atoms with Gasteiger partial charge in [-0.1, -0.05) is 30.3 Å². The van der Waals surface area contributed by atoms with Crippen LogP contribution in [-0.2, 0) is 11.3 Å². The maximum atomic E-state index is 12.8. The van der Waals surface area contributed by atoms with E-state index in [4.69, 9.17) is 4.74 Å². The van der Waals surface area contributed by atoms with Gasteiger partial charge in [-0.3, -0.25) is 14.2 Å². The average Bonchev–Trinajstić information content (AvgIpc) is 2.65. The van der Waals surface area contributed by atoms with Gasteiger partial charge >= 0.3 is 0 Å². The van der Waals surface area contributed by atoms with Crippen LogP contribution in [0.25, 0.3) is 11.2 Å². The summed E-state index contributed by atoms with van der Waals surface area (Å²) >= 11 is 0. The second kappa shape index (κ2) is 7.67. The summed E-state index contributed by atoms with van der Waals surface area (Å²) in [7, 11) is 1.54. The average molecular weight is 338 g/mol. The zero-order chi connectivity index (χ0) is 17.6. The Bertz CT molecular complexity index is 938. The highest BCUT2D eigenvalue weighted by Crippen LogP contribution is 2.10. The van der Waals surface area contributed by atoms with E-state index < -0.39 is 11.5 Å². The van der Waals surface area contributed by atoms with Crippen LogP contribution in [0.3, 0.4) is 0 Å². The lowest BCUT2D eigenvalue weighted by atomic mass is 10.2. The van der Waals surface area contributed by atoms with Crippen LogP contribution in [0.4, 0.5) is 0 Å². The molecule has 2 aromatic heterocycles. The number of hydrogen-bond donors (Lipinski definition) is 1. The predicted molar refractivity (Wildman–Crippen MR) is 93.6 cm³/mol. The molecule has 7 nitrogen and oxygen atoms in total. The third-order valence-electron chi connectivity index (χ3n) is 3.69. The van der Waals surface area contributed by atoms with Gasteiger partial charge in [0.15, 0.2) is 11.3 Å². The Morgan fingerprint density at radius 3 is 2.76 bits per heavy atom. The molecule has 1 aromatic carbocycles. The zero-order valence-electron chi connectivity index (χ0n) is 13.8. The number of rotatable bonds is 6. The number of aromatic nitrogens is 3. The fourth-order valence-corrected chi connectivity index (χ4v) is 2.49.